The fourth-order valence-electron chi connectivity index (χ4n) is 3.61. The molecule has 4 aromatic rings. The minimum Gasteiger partial charge on any atom is -0.744 e. The number of aryl methyl sites for hydroxylation is 4. The second-order valence-electron chi connectivity index (χ2n) is 7.88. The van der Waals surface area contributed by atoms with Crippen LogP contribution in [-0.2, 0) is 20.2 Å². The largest absolute Gasteiger partial charge is 2.00 e. The van der Waals surface area contributed by atoms with Crippen LogP contribution in [0.25, 0.3) is 21.5 Å². The van der Waals surface area contributed by atoms with Gasteiger partial charge in [0.15, 0.2) is 0 Å². The van der Waals surface area contributed by atoms with Gasteiger partial charge in [-0.15, -0.1) is 0 Å². The molecular formula is C24H22CaO6S2. The van der Waals surface area contributed by atoms with Gasteiger partial charge in [0.05, 0.1) is 9.79 Å². The van der Waals surface area contributed by atoms with Crippen molar-refractivity contribution in [3.63, 3.8) is 0 Å². The Morgan fingerprint density at radius 2 is 0.818 bits per heavy atom. The smallest absolute Gasteiger partial charge is 0.744 e. The predicted octanol–water partition coefficient (Wildman–Crippen LogP) is 4.34. The fourth-order valence-corrected chi connectivity index (χ4v) is 5.18. The zero-order valence-corrected chi connectivity index (χ0v) is 22.6. The standard InChI is InChI=1S/2C12H12O3S.Ca/c2*1-8-3-4-11-10(5-8)6-9(2)7-12(11)16(13,14)15;/h2*3-7H,1-2H3,(H,13,14,15);/q;;+2/p-2. The zero-order valence-electron chi connectivity index (χ0n) is 18.7. The molecule has 168 valence electrons. The molecule has 4 aromatic carbocycles. The molecule has 4 rings (SSSR count). The van der Waals surface area contributed by atoms with E-state index in [0.29, 0.717) is 10.8 Å². The summed E-state index contributed by atoms with van der Waals surface area (Å²) in [5.74, 6) is 0. The van der Waals surface area contributed by atoms with E-state index in [4.69, 9.17) is 0 Å². The van der Waals surface area contributed by atoms with Gasteiger partial charge in [0, 0.05) is 0 Å². The summed E-state index contributed by atoms with van der Waals surface area (Å²) in [5.41, 5.74) is 3.61. The normalized spacial score (nSPS) is 11.6. The molecule has 0 aliphatic carbocycles. The molecule has 0 N–H and O–H groups in total. The first-order chi connectivity index (χ1) is 14.8. The first-order valence-corrected chi connectivity index (χ1v) is 12.5. The van der Waals surface area contributed by atoms with Gasteiger partial charge in [0.2, 0.25) is 0 Å². The Labute approximate surface area is 224 Å². The molecule has 0 radical (unpaired) electrons. The molecule has 0 aliphatic heterocycles. The van der Waals surface area contributed by atoms with Crippen molar-refractivity contribution in [3.05, 3.63) is 82.9 Å². The van der Waals surface area contributed by atoms with Crippen molar-refractivity contribution in [1.82, 2.24) is 0 Å². The Kier molecular flexibility index (Phi) is 8.73. The number of rotatable bonds is 2. The second kappa shape index (κ2) is 10.4. The average Bonchev–Trinajstić information content (AvgIpc) is 2.65. The van der Waals surface area contributed by atoms with E-state index in [2.05, 4.69) is 0 Å². The molecule has 0 spiro atoms. The minimum absolute atomic E-state index is 0. The monoisotopic (exact) mass is 510 g/mol. The van der Waals surface area contributed by atoms with E-state index in [1.165, 1.54) is 12.1 Å². The van der Waals surface area contributed by atoms with Crippen LogP contribution in [0.1, 0.15) is 22.3 Å². The van der Waals surface area contributed by atoms with Crippen molar-refractivity contribution in [2.75, 3.05) is 0 Å². The van der Waals surface area contributed by atoms with E-state index in [1.54, 1.807) is 38.1 Å². The van der Waals surface area contributed by atoms with E-state index >= 15 is 0 Å². The maximum absolute atomic E-state index is 11.1. The molecule has 0 saturated heterocycles. The van der Waals surface area contributed by atoms with Crippen LogP contribution in [0.3, 0.4) is 0 Å². The molecule has 0 bridgehead atoms. The summed E-state index contributed by atoms with van der Waals surface area (Å²) in [6, 6.07) is 17.3. The van der Waals surface area contributed by atoms with Crippen molar-refractivity contribution in [1.29, 1.82) is 0 Å². The van der Waals surface area contributed by atoms with Gasteiger partial charge in [-0.2, -0.15) is 0 Å². The molecule has 0 saturated carbocycles. The molecular weight excluding hydrogens is 488 g/mol. The Morgan fingerprint density at radius 1 is 0.515 bits per heavy atom. The quantitative estimate of drug-likeness (QED) is 0.293. The summed E-state index contributed by atoms with van der Waals surface area (Å²) in [7, 11) is -8.83. The minimum atomic E-state index is -4.41. The van der Waals surface area contributed by atoms with Crippen LogP contribution in [0.2, 0.25) is 0 Å². The van der Waals surface area contributed by atoms with Crippen LogP contribution in [0.15, 0.2) is 70.5 Å². The Hall–Kier alpha value is -1.52. The maximum Gasteiger partial charge on any atom is 2.00 e. The van der Waals surface area contributed by atoms with Gasteiger partial charge in [-0.05, 0) is 72.5 Å². The first kappa shape index (κ1) is 27.7. The van der Waals surface area contributed by atoms with E-state index in [1.807, 2.05) is 38.1 Å². The van der Waals surface area contributed by atoms with Crippen LogP contribution >= 0.6 is 0 Å². The van der Waals surface area contributed by atoms with Gasteiger partial charge in [-0.1, -0.05) is 59.7 Å². The van der Waals surface area contributed by atoms with E-state index in [9.17, 15) is 25.9 Å². The van der Waals surface area contributed by atoms with Crippen molar-refractivity contribution in [2.45, 2.75) is 37.5 Å². The SMILES string of the molecule is Cc1ccc2c(S(=O)(=O)[O-])cc(C)cc2c1.Cc1ccc2c(S(=O)(=O)[O-])cc(C)cc2c1.[Ca+2]. The third kappa shape index (κ3) is 6.76. The van der Waals surface area contributed by atoms with E-state index < -0.39 is 20.2 Å². The van der Waals surface area contributed by atoms with Gasteiger partial charge in [-0.3, -0.25) is 0 Å². The Balaban J connectivity index is 0.000000227. The van der Waals surface area contributed by atoms with E-state index in [0.717, 1.165) is 33.0 Å². The van der Waals surface area contributed by atoms with Gasteiger partial charge in [0.25, 0.3) is 0 Å². The molecule has 0 atom stereocenters. The van der Waals surface area contributed by atoms with Gasteiger partial charge >= 0.3 is 37.7 Å². The maximum atomic E-state index is 11.1. The fraction of sp³-hybridized carbons (Fsp3) is 0.167. The predicted molar refractivity (Wildman–Crippen MR) is 129 cm³/mol. The number of hydrogen-bond donors (Lipinski definition) is 0. The van der Waals surface area contributed by atoms with Crippen LogP contribution in [0.4, 0.5) is 0 Å². The average molecular weight is 511 g/mol. The molecule has 9 heteroatoms. The number of fused-ring (bicyclic) bond motifs is 2. The number of benzene rings is 4. The summed E-state index contributed by atoms with van der Waals surface area (Å²) in [6.45, 7) is 7.40. The van der Waals surface area contributed by atoms with Crippen molar-refractivity contribution in [3.8, 4) is 0 Å². The summed E-state index contributed by atoms with van der Waals surface area (Å²) < 4.78 is 66.8. The van der Waals surface area contributed by atoms with Crippen LogP contribution in [-0.4, -0.2) is 63.7 Å². The molecule has 0 heterocycles. The van der Waals surface area contributed by atoms with Crippen molar-refractivity contribution in [2.24, 2.45) is 0 Å². The second-order valence-corrected chi connectivity index (χ2v) is 10.6. The summed E-state index contributed by atoms with van der Waals surface area (Å²) in [4.78, 5) is -0.273. The van der Waals surface area contributed by atoms with E-state index in [-0.39, 0.29) is 47.5 Å². The summed E-state index contributed by atoms with van der Waals surface area (Å²) in [5, 5.41) is 2.56. The van der Waals surface area contributed by atoms with Crippen molar-refractivity contribution >= 4 is 79.5 Å². The van der Waals surface area contributed by atoms with Gasteiger partial charge in [0.1, 0.15) is 20.2 Å². The third-order valence-electron chi connectivity index (χ3n) is 4.97. The molecule has 0 unspecified atom stereocenters. The first-order valence-electron chi connectivity index (χ1n) is 9.69. The van der Waals surface area contributed by atoms with Crippen molar-refractivity contribution < 1.29 is 25.9 Å². The Bertz CT molecular complexity index is 1430. The van der Waals surface area contributed by atoms with Crippen LogP contribution in [0, 0.1) is 27.7 Å². The Morgan fingerprint density at radius 3 is 1.12 bits per heavy atom. The van der Waals surface area contributed by atoms with Crippen LogP contribution < -0.4 is 0 Å². The molecule has 0 fully saturated rings. The third-order valence-corrected chi connectivity index (χ3v) is 6.72. The molecule has 0 aromatic heterocycles. The molecule has 0 amide bonds. The molecule has 6 nitrogen and oxygen atoms in total. The summed E-state index contributed by atoms with van der Waals surface area (Å²) in [6.07, 6.45) is 0. The topological polar surface area (TPSA) is 114 Å². The molecule has 0 aliphatic rings. The van der Waals surface area contributed by atoms with Gasteiger partial charge < -0.3 is 9.11 Å². The van der Waals surface area contributed by atoms with Gasteiger partial charge in [-0.25, -0.2) is 16.8 Å². The van der Waals surface area contributed by atoms with Crippen LogP contribution in [0.5, 0.6) is 0 Å². The molecule has 33 heavy (non-hydrogen) atoms. The zero-order chi connectivity index (χ0) is 23.8. The number of hydrogen-bond acceptors (Lipinski definition) is 6. The summed E-state index contributed by atoms with van der Waals surface area (Å²) >= 11 is 0.